The first-order valence-electron chi connectivity index (χ1n) is 10.6. The van der Waals surface area contributed by atoms with Gasteiger partial charge in [0.05, 0.1) is 28.4 Å². The maximum absolute atomic E-state index is 12.8. The third kappa shape index (κ3) is 6.12. The molecule has 0 spiro atoms. The Balaban J connectivity index is 1.97. The number of oxime groups is 1. The van der Waals surface area contributed by atoms with Gasteiger partial charge in [-0.3, -0.25) is 4.79 Å². The third-order valence-electron chi connectivity index (χ3n) is 5.33. The number of methoxy groups -OCH3 is 1. The third-order valence-corrected chi connectivity index (χ3v) is 5.96. The van der Waals surface area contributed by atoms with Gasteiger partial charge in [-0.25, -0.2) is 4.79 Å². The second kappa shape index (κ2) is 11.7. The first-order valence-corrected chi connectivity index (χ1v) is 11.3. The summed E-state index contributed by atoms with van der Waals surface area (Å²) in [5, 5.41) is 16.6. The molecule has 0 unspecified atom stereocenters. The molecular formula is C26H24Cl2N2O5. The molecule has 2 N–H and O–H groups in total. The molecule has 7 nitrogen and oxygen atoms in total. The summed E-state index contributed by atoms with van der Waals surface area (Å²) in [5.41, 5.74) is 3.70. The minimum atomic E-state index is -1.22. The Morgan fingerprint density at radius 2 is 1.69 bits per heavy atom. The largest absolute Gasteiger partial charge is 0.496 e. The quantitative estimate of drug-likeness (QED) is 0.291. The molecule has 0 heterocycles. The van der Waals surface area contributed by atoms with E-state index in [-0.39, 0.29) is 22.0 Å². The van der Waals surface area contributed by atoms with E-state index in [1.165, 1.54) is 19.2 Å². The van der Waals surface area contributed by atoms with E-state index in [2.05, 4.69) is 10.5 Å². The van der Waals surface area contributed by atoms with Crippen molar-refractivity contribution in [1.29, 1.82) is 0 Å². The lowest BCUT2D eigenvalue weighted by Gasteiger charge is -2.18. The standard InChI is InChI=1S/C26H24Cl2N2O5/c1-15(30-35-3)19-13-16(11-12-17(19)18-7-4-5-10-23(18)34-2)14-22(26(32)33)29-25(31)24-20(27)8-6-9-21(24)28/h4-13,22H,14H2,1-3H3,(H,29,31)(H,32,33)/t22-/m0/s1. The number of benzene rings is 3. The van der Waals surface area contributed by atoms with Crippen LogP contribution in [0.1, 0.15) is 28.4 Å². The van der Waals surface area contributed by atoms with Gasteiger partial charge in [0.2, 0.25) is 0 Å². The molecule has 3 aromatic rings. The summed E-state index contributed by atoms with van der Waals surface area (Å²) in [6.45, 7) is 1.79. The molecule has 0 fully saturated rings. The van der Waals surface area contributed by atoms with Crippen LogP contribution in [0, 0.1) is 0 Å². The van der Waals surface area contributed by atoms with Crippen LogP contribution in [0.5, 0.6) is 5.75 Å². The fourth-order valence-corrected chi connectivity index (χ4v) is 4.26. The van der Waals surface area contributed by atoms with Crippen LogP contribution in [-0.2, 0) is 16.1 Å². The van der Waals surface area contributed by atoms with Crippen molar-refractivity contribution in [3.05, 3.63) is 87.4 Å². The van der Waals surface area contributed by atoms with Gasteiger partial charge in [-0.2, -0.15) is 0 Å². The minimum absolute atomic E-state index is 0.0165. The number of hydrogen-bond acceptors (Lipinski definition) is 5. The number of hydrogen-bond donors (Lipinski definition) is 2. The van der Waals surface area contributed by atoms with Crippen molar-refractivity contribution >= 4 is 40.8 Å². The average molecular weight is 515 g/mol. The highest BCUT2D eigenvalue weighted by Crippen LogP contribution is 2.33. The molecule has 0 aliphatic carbocycles. The molecule has 3 aromatic carbocycles. The van der Waals surface area contributed by atoms with E-state index in [9.17, 15) is 14.7 Å². The van der Waals surface area contributed by atoms with E-state index < -0.39 is 17.9 Å². The van der Waals surface area contributed by atoms with Crippen LogP contribution in [0.15, 0.2) is 65.8 Å². The monoisotopic (exact) mass is 514 g/mol. The molecule has 0 bridgehead atoms. The van der Waals surface area contributed by atoms with Gasteiger partial charge >= 0.3 is 5.97 Å². The summed E-state index contributed by atoms with van der Waals surface area (Å²) in [6, 6.07) is 16.4. The average Bonchev–Trinajstić information content (AvgIpc) is 2.83. The molecule has 0 aliphatic rings. The van der Waals surface area contributed by atoms with Crippen LogP contribution in [0.2, 0.25) is 10.0 Å². The normalized spacial score (nSPS) is 12.1. The Morgan fingerprint density at radius 1 is 1.00 bits per heavy atom. The summed E-state index contributed by atoms with van der Waals surface area (Å²) in [5.74, 6) is -1.19. The lowest BCUT2D eigenvalue weighted by Crippen LogP contribution is -2.42. The van der Waals surface area contributed by atoms with Crippen LogP contribution >= 0.6 is 23.2 Å². The molecule has 0 saturated carbocycles. The Kier molecular flexibility index (Phi) is 8.73. The number of carboxylic acids is 1. The minimum Gasteiger partial charge on any atom is -0.496 e. The maximum Gasteiger partial charge on any atom is 0.326 e. The van der Waals surface area contributed by atoms with Gasteiger partial charge in [0, 0.05) is 17.5 Å². The Bertz CT molecular complexity index is 1260. The van der Waals surface area contributed by atoms with Crippen molar-refractivity contribution in [2.24, 2.45) is 5.16 Å². The number of aliphatic carboxylic acids is 1. The molecular weight excluding hydrogens is 491 g/mol. The van der Waals surface area contributed by atoms with E-state index in [1.807, 2.05) is 36.4 Å². The molecule has 182 valence electrons. The van der Waals surface area contributed by atoms with E-state index in [0.29, 0.717) is 17.0 Å². The number of carbonyl (C=O) groups excluding carboxylic acids is 1. The second-order valence-electron chi connectivity index (χ2n) is 7.60. The topological polar surface area (TPSA) is 97.2 Å². The van der Waals surface area contributed by atoms with Crippen LogP contribution in [0.3, 0.4) is 0 Å². The maximum atomic E-state index is 12.8. The summed E-state index contributed by atoms with van der Waals surface area (Å²) in [4.78, 5) is 29.7. The van der Waals surface area contributed by atoms with Gasteiger partial charge < -0.3 is 20.0 Å². The number of rotatable bonds is 9. The zero-order valence-electron chi connectivity index (χ0n) is 19.3. The highest BCUT2D eigenvalue weighted by atomic mass is 35.5. The van der Waals surface area contributed by atoms with Crippen molar-refractivity contribution in [1.82, 2.24) is 5.32 Å². The number of ether oxygens (including phenoxy) is 1. The number of para-hydroxylation sites is 1. The van der Waals surface area contributed by atoms with E-state index in [1.54, 1.807) is 26.2 Å². The fraction of sp³-hybridized carbons (Fsp3) is 0.192. The van der Waals surface area contributed by atoms with Crippen LogP contribution in [0.25, 0.3) is 11.1 Å². The van der Waals surface area contributed by atoms with Gasteiger partial charge in [0.25, 0.3) is 5.91 Å². The predicted molar refractivity (Wildman–Crippen MR) is 137 cm³/mol. The van der Waals surface area contributed by atoms with Crippen LogP contribution in [-0.4, -0.2) is 43.0 Å². The van der Waals surface area contributed by atoms with Crippen molar-refractivity contribution in [2.75, 3.05) is 14.2 Å². The highest BCUT2D eigenvalue weighted by Gasteiger charge is 2.24. The van der Waals surface area contributed by atoms with Gasteiger partial charge in [-0.05, 0) is 42.3 Å². The molecule has 1 atom stereocenters. The number of carbonyl (C=O) groups is 2. The number of halogens is 2. The smallest absolute Gasteiger partial charge is 0.326 e. The summed E-state index contributed by atoms with van der Waals surface area (Å²) in [6.07, 6.45) is 0.0165. The number of amides is 1. The van der Waals surface area contributed by atoms with Crippen molar-refractivity contribution in [3.8, 4) is 16.9 Å². The number of nitrogens with zero attached hydrogens (tertiary/aromatic N) is 1. The molecule has 35 heavy (non-hydrogen) atoms. The highest BCUT2D eigenvalue weighted by molar-refractivity contribution is 6.39. The first-order chi connectivity index (χ1) is 16.8. The molecule has 9 heteroatoms. The molecule has 0 radical (unpaired) electrons. The van der Waals surface area contributed by atoms with Gasteiger partial charge in [0.15, 0.2) is 0 Å². The summed E-state index contributed by atoms with van der Waals surface area (Å²) in [7, 11) is 3.04. The van der Waals surface area contributed by atoms with Crippen LogP contribution in [0.4, 0.5) is 0 Å². The molecule has 0 aliphatic heterocycles. The summed E-state index contributed by atoms with van der Waals surface area (Å²) >= 11 is 12.2. The van der Waals surface area contributed by atoms with Crippen molar-refractivity contribution < 1.29 is 24.3 Å². The van der Waals surface area contributed by atoms with Crippen molar-refractivity contribution in [3.63, 3.8) is 0 Å². The Hall–Kier alpha value is -3.55. The number of carboxylic acid groups (broad SMARTS) is 1. The molecule has 0 saturated heterocycles. The lowest BCUT2D eigenvalue weighted by molar-refractivity contribution is -0.139. The van der Waals surface area contributed by atoms with E-state index in [0.717, 1.165) is 16.7 Å². The van der Waals surface area contributed by atoms with Crippen LogP contribution < -0.4 is 10.1 Å². The fourth-order valence-electron chi connectivity index (χ4n) is 3.69. The Morgan fingerprint density at radius 3 is 2.31 bits per heavy atom. The van der Waals surface area contributed by atoms with Gasteiger partial charge in [0.1, 0.15) is 18.9 Å². The second-order valence-corrected chi connectivity index (χ2v) is 8.42. The SMILES string of the molecule is CON=C(C)c1cc(C[C@H](NC(=O)c2c(Cl)cccc2Cl)C(=O)O)ccc1-c1ccccc1OC. The van der Waals surface area contributed by atoms with E-state index in [4.69, 9.17) is 32.8 Å². The zero-order valence-corrected chi connectivity index (χ0v) is 20.9. The van der Waals surface area contributed by atoms with Gasteiger partial charge in [-0.15, -0.1) is 0 Å². The Labute approximate surface area is 213 Å². The first kappa shape index (κ1) is 26.1. The molecule has 1 amide bonds. The predicted octanol–water partition coefficient (Wildman–Crippen LogP) is 5.47. The number of nitrogens with one attached hydrogen (secondary N) is 1. The van der Waals surface area contributed by atoms with Gasteiger partial charge in [-0.1, -0.05) is 64.8 Å². The molecule has 0 aromatic heterocycles. The van der Waals surface area contributed by atoms with Crippen molar-refractivity contribution in [2.45, 2.75) is 19.4 Å². The summed E-state index contributed by atoms with van der Waals surface area (Å²) < 4.78 is 5.51. The lowest BCUT2D eigenvalue weighted by atomic mass is 9.92. The molecule has 3 rings (SSSR count). The zero-order chi connectivity index (χ0) is 25.5. The van der Waals surface area contributed by atoms with E-state index >= 15 is 0 Å².